The van der Waals surface area contributed by atoms with Gasteiger partial charge in [-0.2, -0.15) is 0 Å². The molecule has 3 rings (SSSR count). The van der Waals surface area contributed by atoms with E-state index in [0.29, 0.717) is 28.9 Å². The number of aromatic nitrogens is 2. The number of carbonyl (C=O) groups is 1. The quantitative estimate of drug-likeness (QED) is 0.365. The van der Waals surface area contributed by atoms with E-state index in [1.807, 2.05) is 18.2 Å². The van der Waals surface area contributed by atoms with Gasteiger partial charge in [-0.3, -0.25) is 4.79 Å². The van der Waals surface area contributed by atoms with E-state index in [9.17, 15) is 9.59 Å². The number of nitrogens with one attached hydrogen (secondary N) is 1. The van der Waals surface area contributed by atoms with E-state index in [2.05, 4.69) is 16.9 Å². The fourth-order valence-corrected chi connectivity index (χ4v) is 3.29. The van der Waals surface area contributed by atoms with E-state index in [1.54, 1.807) is 30.3 Å². The third kappa shape index (κ3) is 5.76. The molecule has 0 amide bonds. The van der Waals surface area contributed by atoms with Crippen molar-refractivity contribution < 1.29 is 9.53 Å². The fourth-order valence-electron chi connectivity index (χ4n) is 3.29. The lowest BCUT2D eigenvalue weighted by atomic mass is 10.1. The van der Waals surface area contributed by atoms with Crippen molar-refractivity contribution in [3.63, 3.8) is 0 Å². The van der Waals surface area contributed by atoms with Crippen LogP contribution in [0.5, 0.6) is 0 Å². The highest BCUT2D eigenvalue weighted by molar-refractivity contribution is 5.90. The van der Waals surface area contributed by atoms with Crippen molar-refractivity contribution in [1.29, 1.82) is 0 Å². The van der Waals surface area contributed by atoms with Crippen molar-refractivity contribution in [2.24, 2.45) is 0 Å². The standard InChI is InChI=1S/C24H28N2O3/c1-2-3-4-5-6-7-10-17-29-24(28)19-15-13-18(14-16-19)22-25-21-12-9-8-11-20(21)23(27)26-22/h8-9,11-16H,2-7,10,17H2,1H3,(H,25,26,27). The summed E-state index contributed by atoms with van der Waals surface area (Å²) in [5.41, 5.74) is 1.71. The number of esters is 1. The maximum absolute atomic E-state index is 12.2. The lowest BCUT2D eigenvalue weighted by Crippen LogP contribution is -2.09. The monoisotopic (exact) mass is 392 g/mol. The normalized spacial score (nSPS) is 10.9. The predicted molar refractivity (Wildman–Crippen MR) is 116 cm³/mol. The van der Waals surface area contributed by atoms with Gasteiger partial charge in [-0.05, 0) is 30.7 Å². The Balaban J connectivity index is 1.53. The van der Waals surface area contributed by atoms with Crippen LogP contribution in [0.2, 0.25) is 0 Å². The Hall–Kier alpha value is -2.95. The van der Waals surface area contributed by atoms with Gasteiger partial charge in [-0.1, -0.05) is 69.7 Å². The zero-order chi connectivity index (χ0) is 20.5. The number of unbranched alkanes of at least 4 members (excludes halogenated alkanes) is 6. The second-order valence-electron chi connectivity index (χ2n) is 7.27. The van der Waals surface area contributed by atoms with Crippen LogP contribution in [0, 0.1) is 0 Å². The van der Waals surface area contributed by atoms with E-state index in [0.717, 1.165) is 18.4 Å². The number of H-pyrrole nitrogens is 1. The molecule has 1 aromatic heterocycles. The lowest BCUT2D eigenvalue weighted by molar-refractivity contribution is 0.0497. The number of para-hydroxylation sites is 1. The van der Waals surface area contributed by atoms with Gasteiger partial charge in [0.2, 0.25) is 0 Å². The molecule has 1 heterocycles. The highest BCUT2D eigenvalue weighted by Crippen LogP contribution is 2.17. The molecule has 5 nitrogen and oxygen atoms in total. The van der Waals surface area contributed by atoms with Crippen molar-refractivity contribution in [2.45, 2.75) is 51.9 Å². The molecule has 0 unspecified atom stereocenters. The first-order valence-corrected chi connectivity index (χ1v) is 10.5. The van der Waals surface area contributed by atoms with E-state index in [-0.39, 0.29) is 11.5 Å². The van der Waals surface area contributed by atoms with Crippen molar-refractivity contribution in [1.82, 2.24) is 9.97 Å². The van der Waals surface area contributed by atoms with E-state index in [1.165, 1.54) is 32.1 Å². The second-order valence-corrected chi connectivity index (χ2v) is 7.27. The minimum atomic E-state index is -0.317. The zero-order valence-corrected chi connectivity index (χ0v) is 16.9. The highest BCUT2D eigenvalue weighted by atomic mass is 16.5. The zero-order valence-electron chi connectivity index (χ0n) is 16.9. The number of nitrogens with zero attached hydrogens (tertiary/aromatic N) is 1. The number of benzene rings is 2. The third-order valence-corrected chi connectivity index (χ3v) is 4.99. The molecule has 0 radical (unpaired) electrons. The Labute approximate surface area is 171 Å². The molecule has 5 heteroatoms. The van der Waals surface area contributed by atoms with Crippen molar-refractivity contribution >= 4 is 16.9 Å². The predicted octanol–water partition coefficient (Wildman–Crippen LogP) is 5.50. The summed E-state index contributed by atoms with van der Waals surface area (Å²) in [7, 11) is 0. The second kappa shape index (κ2) is 10.6. The molecule has 152 valence electrons. The summed E-state index contributed by atoms with van der Waals surface area (Å²) in [4.78, 5) is 31.7. The van der Waals surface area contributed by atoms with Crippen LogP contribution in [0.25, 0.3) is 22.3 Å². The molecule has 0 aliphatic heterocycles. The summed E-state index contributed by atoms with van der Waals surface area (Å²) >= 11 is 0. The van der Waals surface area contributed by atoms with Gasteiger partial charge in [0.1, 0.15) is 5.82 Å². The van der Waals surface area contributed by atoms with Crippen LogP contribution in [0.15, 0.2) is 53.3 Å². The molecule has 2 aromatic carbocycles. The number of aromatic amines is 1. The summed E-state index contributed by atoms with van der Waals surface area (Å²) in [6, 6.07) is 14.2. The SMILES string of the molecule is CCCCCCCCCOC(=O)c1ccc(-c2nc3ccccc3c(=O)[nH]2)cc1. The first-order valence-electron chi connectivity index (χ1n) is 10.5. The molecular formula is C24H28N2O3. The topological polar surface area (TPSA) is 72.0 Å². The number of rotatable bonds is 10. The van der Waals surface area contributed by atoms with Crippen LogP contribution in [0.1, 0.15) is 62.2 Å². The summed E-state index contributed by atoms with van der Waals surface area (Å²) in [5.74, 6) is 0.166. The fraction of sp³-hybridized carbons (Fsp3) is 0.375. The molecule has 0 aliphatic rings. The first-order chi connectivity index (χ1) is 14.2. The number of fused-ring (bicyclic) bond motifs is 1. The highest BCUT2D eigenvalue weighted by Gasteiger charge is 2.09. The van der Waals surface area contributed by atoms with Gasteiger partial charge in [0.25, 0.3) is 5.56 Å². The van der Waals surface area contributed by atoms with Gasteiger partial charge >= 0.3 is 5.97 Å². The minimum absolute atomic E-state index is 0.177. The third-order valence-electron chi connectivity index (χ3n) is 4.99. The Kier molecular flexibility index (Phi) is 7.56. The Morgan fingerprint density at radius 1 is 0.931 bits per heavy atom. The van der Waals surface area contributed by atoms with E-state index in [4.69, 9.17) is 4.74 Å². The van der Waals surface area contributed by atoms with Crippen molar-refractivity contribution in [2.75, 3.05) is 6.61 Å². The van der Waals surface area contributed by atoms with Gasteiger partial charge < -0.3 is 9.72 Å². The maximum Gasteiger partial charge on any atom is 0.338 e. The van der Waals surface area contributed by atoms with Crippen molar-refractivity contribution in [3.05, 3.63) is 64.4 Å². The number of carbonyl (C=O) groups excluding carboxylic acids is 1. The summed E-state index contributed by atoms with van der Waals surface area (Å²) < 4.78 is 5.37. The molecule has 0 bridgehead atoms. The summed E-state index contributed by atoms with van der Waals surface area (Å²) in [6.45, 7) is 2.66. The average molecular weight is 392 g/mol. The van der Waals surface area contributed by atoms with E-state index >= 15 is 0 Å². The molecule has 0 saturated carbocycles. The smallest absolute Gasteiger partial charge is 0.338 e. The largest absolute Gasteiger partial charge is 0.462 e. The molecule has 0 atom stereocenters. The van der Waals surface area contributed by atoms with Gasteiger partial charge in [-0.15, -0.1) is 0 Å². The first kappa shape index (κ1) is 20.8. The number of hydrogen-bond acceptors (Lipinski definition) is 4. The minimum Gasteiger partial charge on any atom is -0.462 e. The molecule has 0 aliphatic carbocycles. The summed E-state index contributed by atoms with van der Waals surface area (Å²) in [6.07, 6.45) is 8.30. The molecule has 0 fully saturated rings. The molecule has 0 spiro atoms. The van der Waals surface area contributed by atoms with Crippen LogP contribution in [0.3, 0.4) is 0 Å². The Morgan fingerprint density at radius 2 is 1.62 bits per heavy atom. The molecular weight excluding hydrogens is 364 g/mol. The average Bonchev–Trinajstić information content (AvgIpc) is 2.75. The van der Waals surface area contributed by atoms with Crippen LogP contribution in [-0.2, 0) is 4.74 Å². The number of hydrogen-bond donors (Lipinski definition) is 1. The molecule has 3 aromatic rings. The van der Waals surface area contributed by atoms with Crippen LogP contribution in [-0.4, -0.2) is 22.5 Å². The van der Waals surface area contributed by atoms with Gasteiger partial charge in [0.05, 0.1) is 23.1 Å². The molecule has 29 heavy (non-hydrogen) atoms. The van der Waals surface area contributed by atoms with Crippen molar-refractivity contribution in [3.8, 4) is 11.4 Å². The van der Waals surface area contributed by atoms with Crippen LogP contribution in [0.4, 0.5) is 0 Å². The van der Waals surface area contributed by atoms with Gasteiger partial charge in [0, 0.05) is 5.56 Å². The number of ether oxygens (including phenoxy) is 1. The lowest BCUT2D eigenvalue weighted by Gasteiger charge is -2.07. The van der Waals surface area contributed by atoms with Gasteiger partial charge in [-0.25, -0.2) is 9.78 Å². The van der Waals surface area contributed by atoms with Crippen LogP contribution >= 0.6 is 0 Å². The van der Waals surface area contributed by atoms with E-state index < -0.39 is 0 Å². The Morgan fingerprint density at radius 3 is 2.38 bits per heavy atom. The van der Waals surface area contributed by atoms with Crippen LogP contribution < -0.4 is 5.56 Å². The Bertz CT molecular complexity index is 993. The maximum atomic E-state index is 12.2. The molecule has 0 saturated heterocycles. The van der Waals surface area contributed by atoms with Gasteiger partial charge in [0.15, 0.2) is 0 Å². The summed E-state index contributed by atoms with van der Waals surface area (Å²) in [5, 5.41) is 0.557. The molecule has 1 N–H and O–H groups in total.